The fourth-order valence-electron chi connectivity index (χ4n) is 2.43. The average Bonchev–Trinajstić information content (AvgIpc) is 2.57. The highest BCUT2D eigenvalue weighted by atomic mass is 19.1. The number of benzene rings is 1. The summed E-state index contributed by atoms with van der Waals surface area (Å²) in [5.41, 5.74) is 6.75. The summed E-state index contributed by atoms with van der Waals surface area (Å²) < 4.78 is 12.9. The highest BCUT2D eigenvalue weighted by Crippen LogP contribution is 2.31. The number of rotatable bonds is 3. The van der Waals surface area contributed by atoms with Crippen LogP contribution in [0.1, 0.15) is 26.7 Å². The number of hydrogen-bond acceptors (Lipinski definition) is 3. The zero-order valence-electron chi connectivity index (χ0n) is 10.3. The van der Waals surface area contributed by atoms with Gasteiger partial charge in [-0.1, -0.05) is 13.3 Å². The topological polar surface area (TPSA) is 41.6 Å². The Kier molecular flexibility index (Phi) is 3.05. The van der Waals surface area contributed by atoms with Gasteiger partial charge in [-0.3, -0.25) is 4.99 Å². The van der Waals surface area contributed by atoms with Gasteiger partial charge in [-0.05, 0) is 37.6 Å². The number of hydrogen-bond donors (Lipinski definition) is 1. The van der Waals surface area contributed by atoms with Crippen LogP contribution in [0.4, 0.5) is 10.1 Å². The van der Waals surface area contributed by atoms with E-state index >= 15 is 0 Å². The Hall–Kier alpha value is -1.58. The van der Waals surface area contributed by atoms with Crippen LogP contribution in [0.25, 0.3) is 0 Å². The highest BCUT2D eigenvalue weighted by Gasteiger charge is 2.37. The smallest absolute Gasteiger partial charge is 0.196 e. The molecule has 0 saturated carbocycles. The third-order valence-corrected chi connectivity index (χ3v) is 3.22. The first-order valence-corrected chi connectivity index (χ1v) is 5.92. The lowest BCUT2D eigenvalue weighted by Crippen LogP contribution is -2.49. The maximum absolute atomic E-state index is 12.9. The molecule has 1 aliphatic heterocycles. The molecule has 92 valence electrons. The molecule has 0 aromatic heterocycles. The Morgan fingerprint density at radius 3 is 2.65 bits per heavy atom. The Balaban J connectivity index is 2.33. The van der Waals surface area contributed by atoms with Crippen LogP contribution in [0.5, 0.6) is 0 Å². The molecule has 1 aliphatic rings. The van der Waals surface area contributed by atoms with E-state index < -0.39 is 0 Å². The van der Waals surface area contributed by atoms with Crippen LogP contribution in [0.2, 0.25) is 0 Å². The van der Waals surface area contributed by atoms with Crippen molar-refractivity contribution >= 4 is 11.6 Å². The average molecular weight is 235 g/mol. The van der Waals surface area contributed by atoms with Crippen LogP contribution >= 0.6 is 0 Å². The minimum Gasteiger partial charge on any atom is -0.369 e. The van der Waals surface area contributed by atoms with Gasteiger partial charge in [0.05, 0.1) is 12.1 Å². The van der Waals surface area contributed by atoms with Crippen LogP contribution in [0.3, 0.4) is 0 Å². The van der Waals surface area contributed by atoms with Gasteiger partial charge in [0.1, 0.15) is 5.82 Å². The molecule has 1 aromatic carbocycles. The minimum atomic E-state index is -0.236. The molecule has 1 heterocycles. The Morgan fingerprint density at radius 2 is 2.06 bits per heavy atom. The number of anilines is 1. The molecule has 0 amide bonds. The SMILES string of the molecule is CCCC1(C)CN=C(N)N1c1ccc(F)cc1. The largest absolute Gasteiger partial charge is 0.369 e. The molecule has 2 N–H and O–H groups in total. The number of aliphatic imine (C=N–C) groups is 1. The van der Waals surface area contributed by atoms with Gasteiger partial charge in [-0.25, -0.2) is 4.39 Å². The van der Waals surface area contributed by atoms with Crippen molar-refractivity contribution in [2.75, 3.05) is 11.4 Å². The summed E-state index contributed by atoms with van der Waals surface area (Å²) in [6, 6.07) is 6.40. The van der Waals surface area contributed by atoms with Gasteiger partial charge in [0.2, 0.25) is 0 Å². The Labute approximate surface area is 101 Å². The molecule has 0 saturated heterocycles. The lowest BCUT2D eigenvalue weighted by atomic mass is 9.94. The van der Waals surface area contributed by atoms with Crippen molar-refractivity contribution in [1.29, 1.82) is 0 Å². The number of halogens is 1. The molecule has 1 atom stereocenters. The third kappa shape index (κ3) is 2.12. The molecule has 0 radical (unpaired) electrons. The van der Waals surface area contributed by atoms with Gasteiger partial charge >= 0.3 is 0 Å². The van der Waals surface area contributed by atoms with Gasteiger partial charge in [-0.15, -0.1) is 0 Å². The molecule has 2 rings (SSSR count). The van der Waals surface area contributed by atoms with Crippen molar-refractivity contribution in [3.05, 3.63) is 30.1 Å². The van der Waals surface area contributed by atoms with E-state index in [1.54, 1.807) is 12.1 Å². The molecule has 1 aromatic rings. The molecular weight excluding hydrogens is 217 g/mol. The summed E-state index contributed by atoms with van der Waals surface area (Å²) in [7, 11) is 0. The third-order valence-electron chi connectivity index (χ3n) is 3.22. The number of guanidine groups is 1. The van der Waals surface area contributed by atoms with E-state index in [9.17, 15) is 4.39 Å². The molecule has 0 bridgehead atoms. The first-order chi connectivity index (χ1) is 8.07. The van der Waals surface area contributed by atoms with Crippen molar-refractivity contribution in [3.8, 4) is 0 Å². The molecule has 0 spiro atoms. The Morgan fingerprint density at radius 1 is 1.41 bits per heavy atom. The maximum atomic E-state index is 12.9. The second-order valence-corrected chi connectivity index (χ2v) is 4.73. The second kappa shape index (κ2) is 4.35. The van der Waals surface area contributed by atoms with E-state index in [1.807, 2.05) is 4.90 Å². The molecular formula is C13H18FN3. The van der Waals surface area contributed by atoms with E-state index in [4.69, 9.17) is 5.73 Å². The first kappa shape index (κ1) is 11.9. The lowest BCUT2D eigenvalue weighted by Gasteiger charge is -2.36. The van der Waals surface area contributed by atoms with Crippen LogP contribution < -0.4 is 10.6 Å². The normalized spacial score (nSPS) is 23.9. The second-order valence-electron chi connectivity index (χ2n) is 4.73. The lowest BCUT2D eigenvalue weighted by molar-refractivity contribution is 0.457. The summed E-state index contributed by atoms with van der Waals surface area (Å²) in [4.78, 5) is 6.32. The van der Waals surface area contributed by atoms with Gasteiger partial charge in [0, 0.05) is 5.69 Å². The fourth-order valence-corrected chi connectivity index (χ4v) is 2.43. The van der Waals surface area contributed by atoms with Crippen molar-refractivity contribution in [2.45, 2.75) is 32.2 Å². The maximum Gasteiger partial charge on any atom is 0.196 e. The molecule has 1 unspecified atom stereocenters. The predicted molar refractivity (Wildman–Crippen MR) is 68.7 cm³/mol. The summed E-state index contributed by atoms with van der Waals surface area (Å²) in [6.07, 6.45) is 2.07. The van der Waals surface area contributed by atoms with E-state index in [2.05, 4.69) is 18.8 Å². The van der Waals surface area contributed by atoms with E-state index in [-0.39, 0.29) is 11.4 Å². The van der Waals surface area contributed by atoms with Crippen LogP contribution in [0, 0.1) is 5.82 Å². The van der Waals surface area contributed by atoms with E-state index in [0.717, 1.165) is 18.5 Å². The van der Waals surface area contributed by atoms with E-state index in [1.165, 1.54) is 12.1 Å². The molecule has 4 heteroatoms. The van der Waals surface area contributed by atoms with Crippen LogP contribution in [-0.2, 0) is 0 Å². The van der Waals surface area contributed by atoms with Crippen molar-refractivity contribution in [3.63, 3.8) is 0 Å². The highest BCUT2D eigenvalue weighted by molar-refractivity contribution is 5.98. The standard InChI is InChI=1S/C13H18FN3/c1-3-8-13(2)9-16-12(15)17(13)11-6-4-10(14)5-7-11/h4-7H,3,8-9H2,1-2H3,(H2,15,16). The summed E-state index contributed by atoms with van der Waals surface area (Å²) in [5, 5.41) is 0. The van der Waals surface area contributed by atoms with Gasteiger partial charge in [-0.2, -0.15) is 0 Å². The van der Waals surface area contributed by atoms with Crippen molar-refractivity contribution < 1.29 is 4.39 Å². The number of nitrogens with zero attached hydrogens (tertiary/aromatic N) is 2. The summed E-state index contributed by atoms with van der Waals surface area (Å²) in [5.74, 6) is 0.285. The predicted octanol–water partition coefficient (Wildman–Crippen LogP) is 2.52. The van der Waals surface area contributed by atoms with E-state index in [0.29, 0.717) is 12.5 Å². The van der Waals surface area contributed by atoms with Crippen molar-refractivity contribution in [2.24, 2.45) is 10.7 Å². The summed E-state index contributed by atoms with van der Waals surface area (Å²) in [6.45, 7) is 4.98. The first-order valence-electron chi connectivity index (χ1n) is 5.92. The van der Waals surface area contributed by atoms with Gasteiger partial charge < -0.3 is 10.6 Å². The monoisotopic (exact) mass is 235 g/mol. The molecule has 3 nitrogen and oxygen atoms in total. The van der Waals surface area contributed by atoms with Gasteiger partial charge in [0.25, 0.3) is 0 Å². The molecule has 17 heavy (non-hydrogen) atoms. The quantitative estimate of drug-likeness (QED) is 0.874. The Bertz CT molecular complexity index is 427. The zero-order valence-corrected chi connectivity index (χ0v) is 10.3. The number of nitrogens with two attached hydrogens (primary N) is 1. The fraction of sp³-hybridized carbons (Fsp3) is 0.462. The van der Waals surface area contributed by atoms with Crippen LogP contribution in [-0.4, -0.2) is 18.0 Å². The molecule has 0 aliphatic carbocycles. The zero-order chi connectivity index (χ0) is 12.5. The summed E-state index contributed by atoms with van der Waals surface area (Å²) >= 11 is 0. The van der Waals surface area contributed by atoms with Crippen molar-refractivity contribution in [1.82, 2.24) is 0 Å². The van der Waals surface area contributed by atoms with Crippen LogP contribution in [0.15, 0.2) is 29.3 Å². The molecule has 0 fully saturated rings. The van der Waals surface area contributed by atoms with Gasteiger partial charge in [0.15, 0.2) is 5.96 Å². The minimum absolute atomic E-state index is 0.0866.